The number of hydrogen-bond acceptors (Lipinski definition) is 3. The van der Waals surface area contributed by atoms with Crippen molar-refractivity contribution in [2.24, 2.45) is 0 Å². The number of aliphatic carboxylic acids is 1. The number of amides is 1. The Labute approximate surface area is 145 Å². The van der Waals surface area contributed by atoms with Gasteiger partial charge in [-0.15, -0.1) is 0 Å². The van der Waals surface area contributed by atoms with Gasteiger partial charge in [0.05, 0.1) is 11.1 Å². The molecule has 2 aromatic rings. The maximum absolute atomic E-state index is 13.0. The molecule has 0 radical (unpaired) electrons. The number of pyridine rings is 1. The minimum atomic E-state index is -4.73. The molecule has 0 unspecified atom stereocenters. The monoisotopic (exact) mass is 372 g/mol. The summed E-state index contributed by atoms with van der Waals surface area (Å²) in [4.78, 5) is 27.3. The van der Waals surface area contributed by atoms with Gasteiger partial charge in [0.2, 0.25) is 0 Å². The van der Waals surface area contributed by atoms with E-state index in [-0.39, 0.29) is 11.6 Å². The Kier molecular flexibility index (Phi) is 5.63. The van der Waals surface area contributed by atoms with Crippen LogP contribution in [0.1, 0.15) is 21.5 Å². The summed E-state index contributed by atoms with van der Waals surface area (Å²) in [6, 6.07) is 5.69. The van der Waals surface area contributed by atoms with Gasteiger partial charge in [0.25, 0.3) is 5.91 Å². The first-order valence-corrected chi connectivity index (χ1v) is 7.36. The number of benzene rings is 1. The van der Waals surface area contributed by atoms with Crippen molar-refractivity contribution >= 4 is 23.5 Å². The van der Waals surface area contributed by atoms with Crippen molar-refractivity contribution in [1.82, 2.24) is 10.3 Å². The number of alkyl halides is 3. The van der Waals surface area contributed by atoms with Crippen molar-refractivity contribution in [3.8, 4) is 0 Å². The standard InChI is InChI=1S/C16H12ClF3N2O3/c17-13-6-5-9(8-21-13)7-12(15(24)25)22-14(23)10-3-1-2-4-11(10)16(18,19)20/h1-6,8,12H,7H2,(H,22,23)(H,24,25)/t12-/m0/s1. The van der Waals surface area contributed by atoms with Crippen LogP contribution < -0.4 is 5.32 Å². The molecule has 0 saturated heterocycles. The molecule has 0 bridgehead atoms. The molecule has 0 aliphatic rings. The highest BCUT2D eigenvalue weighted by atomic mass is 35.5. The summed E-state index contributed by atoms with van der Waals surface area (Å²) in [5, 5.41) is 11.5. The Hall–Kier alpha value is -2.61. The van der Waals surface area contributed by atoms with Gasteiger partial charge in [-0.25, -0.2) is 9.78 Å². The predicted octanol–water partition coefficient (Wildman–Crippen LogP) is 3.18. The highest BCUT2D eigenvalue weighted by Gasteiger charge is 2.35. The van der Waals surface area contributed by atoms with Crippen molar-refractivity contribution in [2.45, 2.75) is 18.6 Å². The second kappa shape index (κ2) is 7.52. The summed E-state index contributed by atoms with van der Waals surface area (Å²) in [6.07, 6.45) is -3.56. The number of hydrogen-bond donors (Lipinski definition) is 2. The van der Waals surface area contributed by atoms with Crippen LogP contribution >= 0.6 is 11.6 Å². The van der Waals surface area contributed by atoms with E-state index in [2.05, 4.69) is 10.3 Å². The van der Waals surface area contributed by atoms with E-state index in [1.165, 1.54) is 24.4 Å². The summed E-state index contributed by atoms with van der Waals surface area (Å²) < 4.78 is 38.9. The zero-order valence-electron chi connectivity index (χ0n) is 12.5. The third kappa shape index (κ3) is 4.93. The molecule has 0 saturated carbocycles. The minimum Gasteiger partial charge on any atom is -0.480 e. The van der Waals surface area contributed by atoms with E-state index in [1.54, 1.807) is 0 Å². The highest BCUT2D eigenvalue weighted by Crippen LogP contribution is 2.31. The fourth-order valence-electron chi connectivity index (χ4n) is 2.13. The molecule has 1 heterocycles. The largest absolute Gasteiger partial charge is 0.480 e. The van der Waals surface area contributed by atoms with Crippen LogP contribution in [-0.4, -0.2) is 28.0 Å². The summed E-state index contributed by atoms with van der Waals surface area (Å²) >= 11 is 5.63. The fourth-order valence-corrected chi connectivity index (χ4v) is 2.24. The lowest BCUT2D eigenvalue weighted by atomic mass is 10.0. The van der Waals surface area contributed by atoms with Crippen molar-refractivity contribution in [1.29, 1.82) is 0 Å². The zero-order valence-corrected chi connectivity index (χ0v) is 13.3. The Balaban J connectivity index is 2.21. The molecule has 9 heteroatoms. The molecule has 1 atom stereocenters. The molecule has 1 amide bonds. The number of nitrogens with one attached hydrogen (secondary N) is 1. The quantitative estimate of drug-likeness (QED) is 0.790. The van der Waals surface area contributed by atoms with Gasteiger partial charge < -0.3 is 10.4 Å². The minimum absolute atomic E-state index is 0.153. The summed E-state index contributed by atoms with van der Waals surface area (Å²) in [5.41, 5.74) is -1.32. The smallest absolute Gasteiger partial charge is 0.417 e. The van der Waals surface area contributed by atoms with E-state index in [9.17, 15) is 27.9 Å². The van der Waals surface area contributed by atoms with Crippen molar-refractivity contribution in [3.05, 3.63) is 64.4 Å². The Bertz CT molecular complexity index is 779. The van der Waals surface area contributed by atoms with Crippen LogP contribution in [0.25, 0.3) is 0 Å². The molecule has 5 nitrogen and oxygen atoms in total. The van der Waals surface area contributed by atoms with Gasteiger partial charge >= 0.3 is 12.1 Å². The maximum Gasteiger partial charge on any atom is 0.417 e. The van der Waals surface area contributed by atoms with Crippen LogP contribution in [0.15, 0.2) is 42.6 Å². The molecule has 0 fully saturated rings. The van der Waals surface area contributed by atoms with Crippen LogP contribution in [0, 0.1) is 0 Å². The molecule has 2 rings (SSSR count). The number of halogens is 4. The summed E-state index contributed by atoms with van der Waals surface area (Å²) in [7, 11) is 0. The van der Waals surface area contributed by atoms with Crippen LogP contribution in [0.5, 0.6) is 0 Å². The van der Waals surface area contributed by atoms with Gasteiger partial charge in [-0.05, 0) is 23.8 Å². The van der Waals surface area contributed by atoms with E-state index in [0.717, 1.165) is 18.2 Å². The van der Waals surface area contributed by atoms with Gasteiger partial charge in [0.1, 0.15) is 11.2 Å². The number of rotatable bonds is 5. The second-order valence-corrected chi connectivity index (χ2v) is 5.49. The average Bonchev–Trinajstić information content (AvgIpc) is 2.55. The molecular weight excluding hydrogens is 361 g/mol. The van der Waals surface area contributed by atoms with Crippen molar-refractivity contribution < 1.29 is 27.9 Å². The predicted molar refractivity (Wildman–Crippen MR) is 83.3 cm³/mol. The van der Waals surface area contributed by atoms with E-state index >= 15 is 0 Å². The summed E-state index contributed by atoms with van der Waals surface area (Å²) in [6.45, 7) is 0. The second-order valence-electron chi connectivity index (χ2n) is 5.10. The van der Waals surface area contributed by atoms with Gasteiger partial charge in [0, 0.05) is 12.6 Å². The van der Waals surface area contributed by atoms with Gasteiger partial charge in [0.15, 0.2) is 0 Å². The van der Waals surface area contributed by atoms with Gasteiger partial charge in [-0.3, -0.25) is 4.79 Å². The third-order valence-corrected chi connectivity index (χ3v) is 3.53. The van der Waals surface area contributed by atoms with Gasteiger partial charge in [-0.2, -0.15) is 13.2 Å². The molecule has 0 aliphatic heterocycles. The lowest BCUT2D eigenvalue weighted by Gasteiger charge is -2.17. The number of carboxylic acid groups (broad SMARTS) is 1. The van der Waals surface area contributed by atoms with Crippen molar-refractivity contribution in [2.75, 3.05) is 0 Å². The van der Waals surface area contributed by atoms with Crippen LogP contribution in [0.3, 0.4) is 0 Å². The molecule has 0 aliphatic carbocycles. The molecule has 1 aromatic carbocycles. The van der Waals surface area contributed by atoms with E-state index in [1.807, 2.05) is 0 Å². The zero-order chi connectivity index (χ0) is 18.6. The number of aromatic nitrogens is 1. The van der Waals surface area contributed by atoms with E-state index in [0.29, 0.717) is 5.56 Å². The highest BCUT2D eigenvalue weighted by molar-refractivity contribution is 6.29. The molecule has 1 aromatic heterocycles. The topological polar surface area (TPSA) is 79.3 Å². The normalized spacial score (nSPS) is 12.5. The van der Waals surface area contributed by atoms with Gasteiger partial charge in [-0.1, -0.05) is 29.8 Å². The first-order valence-electron chi connectivity index (χ1n) is 6.99. The number of carbonyl (C=O) groups excluding carboxylic acids is 1. The van der Waals surface area contributed by atoms with Crippen LogP contribution in [0.2, 0.25) is 5.15 Å². The maximum atomic E-state index is 13.0. The van der Waals surface area contributed by atoms with Crippen molar-refractivity contribution in [3.63, 3.8) is 0 Å². The Morgan fingerprint density at radius 3 is 2.44 bits per heavy atom. The van der Waals surface area contributed by atoms with Crippen LogP contribution in [-0.2, 0) is 17.4 Å². The SMILES string of the molecule is O=C(N[C@@H](Cc1ccc(Cl)nc1)C(=O)O)c1ccccc1C(F)(F)F. The number of carbonyl (C=O) groups is 2. The molecule has 0 spiro atoms. The lowest BCUT2D eigenvalue weighted by molar-refractivity contribution is -0.139. The number of carboxylic acids is 1. The Morgan fingerprint density at radius 2 is 1.88 bits per heavy atom. The molecule has 132 valence electrons. The fraction of sp³-hybridized carbons (Fsp3) is 0.188. The first-order chi connectivity index (χ1) is 11.7. The van der Waals surface area contributed by atoms with E-state index in [4.69, 9.17) is 11.6 Å². The average molecular weight is 373 g/mol. The summed E-state index contributed by atoms with van der Waals surface area (Å²) in [5.74, 6) is -2.50. The van der Waals surface area contributed by atoms with Crippen LogP contribution in [0.4, 0.5) is 13.2 Å². The molecule has 25 heavy (non-hydrogen) atoms. The third-order valence-electron chi connectivity index (χ3n) is 3.31. The first kappa shape index (κ1) is 18.7. The molecular formula is C16H12ClF3N2O3. The Morgan fingerprint density at radius 1 is 1.20 bits per heavy atom. The lowest BCUT2D eigenvalue weighted by Crippen LogP contribution is -2.42. The van der Waals surface area contributed by atoms with E-state index < -0.39 is 35.2 Å². The number of nitrogens with zero attached hydrogens (tertiary/aromatic N) is 1. The molecule has 2 N–H and O–H groups in total.